The molecule has 0 aromatic heterocycles. The van der Waals surface area contributed by atoms with Crippen LogP contribution in [0, 0.1) is 0 Å². The highest BCUT2D eigenvalue weighted by atomic mass is 16.6. The fourth-order valence-corrected chi connectivity index (χ4v) is 8.86. The molecule has 0 aliphatic carbocycles. The minimum Gasteiger partial charge on any atom is -0.462 e. The Bertz CT molecular complexity index is 1440. The van der Waals surface area contributed by atoms with Gasteiger partial charge in [-0.15, -0.1) is 0 Å². The Hall–Kier alpha value is -3.44. The summed E-state index contributed by atoms with van der Waals surface area (Å²) in [4.78, 5) is 24.6. The number of unbranched alkanes of at least 4 members (excludes halogenated alkanes) is 31. The minimum absolute atomic E-state index is 0.0718. The average Bonchev–Trinajstić information content (AvgIpc) is 3.40. The van der Waals surface area contributed by atoms with Crippen LogP contribution in [0.15, 0.2) is 109 Å². The molecule has 0 rings (SSSR count). The Morgan fingerprint density at radius 2 is 0.581 bits per heavy atom. The third-order valence-electron chi connectivity index (χ3n) is 13.6. The van der Waals surface area contributed by atoms with Crippen molar-refractivity contribution in [3.63, 3.8) is 0 Å². The molecule has 0 amide bonds. The molecule has 1 N–H and O–H groups in total. The van der Waals surface area contributed by atoms with E-state index in [-0.39, 0.29) is 25.2 Å². The van der Waals surface area contributed by atoms with Crippen LogP contribution in [0.4, 0.5) is 0 Å². The summed E-state index contributed by atoms with van der Waals surface area (Å²) in [5.74, 6) is -0.593. The molecule has 0 aliphatic rings. The van der Waals surface area contributed by atoms with E-state index in [4.69, 9.17) is 9.47 Å². The molecule has 0 radical (unpaired) electrons. The van der Waals surface area contributed by atoms with E-state index in [1.54, 1.807) is 0 Å². The molecule has 0 aromatic carbocycles. The Labute approximate surface area is 459 Å². The summed E-state index contributed by atoms with van der Waals surface area (Å²) < 4.78 is 10.7. The molecule has 0 saturated heterocycles. The molecule has 1 atom stereocenters. The number of hydrogen-bond donors (Lipinski definition) is 1. The zero-order valence-corrected chi connectivity index (χ0v) is 48.6. The molecule has 424 valence electrons. The number of carbonyl (C=O) groups excluding carboxylic acids is 2. The van der Waals surface area contributed by atoms with Gasteiger partial charge in [0, 0.05) is 12.8 Å². The summed E-state index contributed by atoms with van der Waals surface area (Å²) in [6.45, 7) is 4.03. The molecule has 0 heterocycles. The Morgan fingerprint density at radius 1 is 0.324 bits per heavy atom. The zero-order chi connectivity index (χ0) is 53.4. The number of aliphatic hydroxyl groups is 1. The molecule has 74 heavy (non-hydrogen) atoms. The number of allylic oxidation sites excluding steroid dienone is 18. The van der Waals surface area contributed by atoms with E-state index in [0.717, 1.165) is 89.9 Å². The predicted octanol–water partition coefficient (Wildman–Crippen LogP) is 21.6. The maximum atomic E-state index is 12.3. The van der Waals surface area contributed by atoms with Gasteiger partial charge in [0.1, 0.15) is 6.61 Å². The maximum Gasteiger partial charge on any atom is 0.306 e. The fraction of sp³-hybridized carbons (Fsp3) is 0.710. The van der Waals surface area contributed by atoms with Crippen molar-refractivity contribution in [1.82, 2.24) is 0 Å². The van der Waals surface area contributed by atoms with Crippen LogP contribution in [0.3, 0.4) is 0 Å². The van der Waals surface area contributed by atoms with Gasteiger partial charge in [-0.3, -0.25) is 9.59 Å². The summed E-state index contributed by atoms with van der Waals surface area (Å²) in [7, 11) is 0. The van der Waals surface area contributed by atoms with Crippen molar-refractivity contribution in [2.45, 2.75) is 302 Å². The van der Waals surface area contributed by atoms with E-state index in [1.807, 2.05) is 0 Å². The van der Waals surface area contributed by atoms with E-state index >= 15 is 0 Å². The highest BCUT2D eigenvalue weighted by Gasteiger charge is 2.16. The molecule has 5 heteroatoms. The molecule has 0 spiro atoms. The summed E-state index contributed by atoms with van der Waals surface area (Å²) in [5, 5.41) is 9.68. The minimum atomic E-state index is -0.781. The van der Waals surface area contributed by atoms with Crippen molar-refractivity contribution in [2.24, 2.45) is 0 Å². The fourth-order valence-electron chi connectivity index (χ4n) is 8.86. The first kappa shape index (κ1) is 70.6. The summed E-state index contributed by atoms with van der Waals surface area (Å²) >= 11 is 0. The van der Waals surface area contributed by atoms with Crippen molar-refractivity contribution < 1.29 is 24.2 Å². The largest absolute Gasteiger partial charge is 0.462 e. The van der Waals surface area contributed by atoms with Crippen LogP contribution in [0.5, 0.6) is 0 Å². The van der Waals surface area contributed by atoms with Gasteiger partial charge in [-0.25, -0.2) is 0 Å². The predicted molar refractivity (Wildman–Crippen MR) is 325 cm³/mol. The summed E-state index contributed by atoms with van der Waals surface area (Å²) in [6, 6.07) is 0. The first-order chi connectivity index (χ1) is 36.6. The number of rotatable bonds is 57. The van der Waals surface area contributed by atoms with E-state index in [9.17, 15) is 14.7 Å². The van der Waals surface area contributed by atoms with Crippen molar-refractivity contribution in [3.05, 3.63) is 109 Å². The topological polar surface area (TPSA) is 72.8 Å². The van der Waals surface area contributed by atoms with Gasteiger partial charge < -0.3 is 14.6 Å². The number of carbonyl (C=O) groups is 2. The quantitative estimate of drug-likeness (QED) is 0.0373. The molecule has 0 fully saturated rings. The van der Waals surface area contributed by atoms with Gasteiger partial charge in [-0.05, 0) is 103 Å². The second kappa shape index (κ2) is 63.8. The smallest absolute Gasteiger partial charge is 0.306 e. The first-order valence-electron chi connectivity index (χ1n) is 31.4. The number of aliphatic hydroxyl groups excluding tert-OH is 1. The molecule has 0 saturated carbocycles. The first-order valence-corrected chi connectivity index (χ1v) is 31.4. The average molecular weight is 1030 g/mol. The van der Waals surface area contributed by atoms with E-state index in [2.05, 4.69) is 123 Å². The van der Waals surface area contributed by atoms with Crippen LogP contribution < -0.4 is 0 Å². The normalized spacial score (nSPS) is 13.0. The third-order valence-corrected chi connectivity index (χ3v) is 13.6. The Balaban J connectivity index is 3.48. The van der Waals surface area contributed by atoms with E-state index in [1.165, 1.54) is 180 Å². The number of ether oxygens (including phenoxy) is 2. The van der Waals surface area contributed by atoms with Gasteiger partial charge >= 0.3 is 11.9 Å². The second-order valence-electron chi connectivity index (χ2n) is 20.8. The van der Waals surface area contributed by atoms with Crippen LogP contribution in [-0.4, -0.2) is 36.4 Å². The van der Waals surface area contributed by atoms with Crippen LogP contribution in [0.25, 0.3) is 0 Å². The lowest BCUT2D eigenvalue weighted by molar-refractivity contribution is -0.161. The Kier molecular flexibility index (Phi) is 60.9. The second-order valence-corrected chi connectivity index (χ2v) is 20.8. The SMILES string of the molecule is CC/C=C\C/C=C\C/C=C\C/C=C\C/C=C\C/C=C\CCCCCCCCCCCCCCCCCCCCC(=O)OC(CO)COC(=O)CCCCCCCCCC/C=C\C/C=C\C/C=C\CCCCCCC. The van der Waals surface area contributed by atoms with E-state index in [0.29, 0.717) is 12.8 Å². The lowest BCUT2D eigenvalue weighted by Crippen LogP contribution is -2.28. The summed E-state index contributed by atoms with van der Waals surface area (Å²) in [5.41, 5.74) is 0. The monoisotopic (exact) mass is 1030 g/mol. The maximum absolute atomic E-state index is 12.3. The molecule has 0 bridgehead atoms. The van der Waals surface area contributed by atoms with E-state index < -0.39 is 6.10 Å². The van der Waals surface area contributed by atoms with Crippen molar-refractivity contribution in [2.75, 3.05) is 13.2 Å². The van der Waals surface area contributed by atoms with Gasteiger partial charge in [-0.2, -0.15) is 0 Å². The van der Waals surface area contributed by atoms with Gasteiger partial charge in [0.05, 0.1) is 6.61 Å². The molecular weight excluding hydrogens is 909 g/mol. The van der Waals surface area contributed by atoms with Crippen LogP contribution in [-0.2, 0) is 19.1 Å². The third kappa shape index (κ3) is 61.1. The molecule has 5 nitrogen and oxygen atoms in total. The molecular formula is C69H118O5. The molecule has 0 aromatic rings. The standard InChI is InChI=1S/C69H118O5/c1-3-5-7-9-11-13-15-17-19-21-23-25-27-28-29-30-31-32-33-34-35-36-37-38-39-40-42-44-46-48-50-52-54-56-58-60-62-64-69(72)74-67(65-70)66-73-68(71)63-61-59-57-55-53-51-49-47-45-43-41-26-24-22-20-18-16-14-12-10-8-6-4-2/h5,7,11,13,16-19,22-25,28-29,31-32,41,43,67,70H,3-4,6,8-10,12,14-15,20-21,26-27,30,33-40,42,44-66H2,1-2H3/b7-5-,13-11-,18-16-,19-17-,24-22-,25-23-,29-28-,32-31-,43-41-. The van der Waals surface area contributed by atoms with Gasteiger partial charge in [0.15, 0.2) is 6.10 Å². The van der Waals surface area contributed by atoms with Crippen LogP contribution >= 0.6 is 0 Å². The van der Waals surface area contributed by atoms with Crippen LogP contribution in [0.1, 0.15) is 296 Å². The Morgan fingerprint density at radius 3 is 0.878 bits per heavy atom. The lowest BCUT2D eigenvalue weighted by atomic mass is 10.0. The highest BCUT2D eigenvalue weighted by Crippen LogP contribution is 2.16. The number of hydrogen-bond acceptors (Lipinski definition) is 5. The summed E-state index contributed by atoms with van der Waals surface area (Å²) in [6.07, 6.45) is 92.3. The molecule has 1 unspecified atom stereocenters. The highest BCUT2D eigenvalue weighted by molar-refractivity contribution is 5.70. The number of esters is 2. The zero-order valence-electron chi connectivity index (χ0n) is 48.6. The van der Waals surface area contributed by atoms with Gasteiger partial charge in [0.2, 0.25) is 0 Å². The van der Waals surface area contributed by atoms with Crippen molar-refractivity contribution >= 4 is 11.9 Å². The molecule has 0 aliphatic heterocycles. The lowest BCUT2D eigenvalue weighted by Gasteiger charge is -2.15. The van der Waals surface area contributed by atoms with Crippen molar-refractivity contribution in [3.8, 4) is 0 Å². The van der Waals surface area contributed by atoms with Crippen molar-refractivity contribution in [1.29, 1.82) is 0 Å². The van der Waals surface area contributed by atoms with Crippen LogP contribution in [0.2, 0.25) is 0 Å². The van der Waals surface area contributed by atoms with Gasteiger partial charge in [0.25, 0.3) is 0 Å². The van der Waals surface area contributed by atoms with Gasteiger partial charge in [-0.1, -0.05) is 290 Å².